The summed E-state index contributed by atoms with van der Waals surface area (Å²) in [7, 11) is 2.22. The first-order valence-electron chi connectivity index (χ1n) is 8.03. The van der Waals surface area contributed by atoms with Gasteiger partial charge in [-0.25, -0.2) is 0 Å². The molecule has 0 aliphatic heterocycles. The van der Waals surface area contributed by atoms with Crippen LogP contribution in [0, 0.1) is 11.8 Å². The number of nitrogens with zero attached hydrogens (tertiary/aromatic N) is 1. The highest BCUT2D eigenvalue weighted by Gasteiger charge is 2.27. The van der Waals surface area contributed by atoms with E-state index in [0.717, 1.165) is 18.0 Å². The lowest BCUT2D eigenvalue weighted by Crippen LogP contribution is -2.41. The number of hydrogen-bond donors (Lipinski definition) is 1. The first-order chi connectivity index (χ1) is 9.59. The predicted octanol–water partition coefficient (Wildman–Crippen LogP) is 3.87. The van der Waals surface area contributed by atoms with Crippen molar-refractivity contribution < 1.29 is 5.11 Å². The summed E-state index contributed by atoms with van der Waals surface area (Å²) in [5.74, 6) is 1.05. The summed E-state index contributed by atoms with van der Waals surface area (Å²) in [5, 5.41) is 10.5. The van der Waals surface area contributed by atoms with Gasteiger partial charge in [-0.1, -0.05) is 57.0 Å². The first-order valence-corrected chi connectivity index (χ1v) is 8.03. The molecular weight excluding hydrogens is 246 g/mol. The Kier molecular flexibility index (Phi) is 5.62. The Hall–Kier alpha value is -0.860. The van der Waals surface area contributed by atoms with Gasteiger partial charge in [-0.2, -0.15) is 0 Å². The average Bonchev–Trinajstić information content (AvgIpc) is 2.47. The van der Waals surface area contributed by atoms with E-state index in [1.165, 1.54) is 25.7 Å². The first kappa shape index (κ1) is 15.5. The van der Waals surface area contributed by atoms with Crippen LogP contribution >= 0.6 is 0 Å². The van der Waals surface area contributed by atoms with E-state index >= 15 is 0 Å². The third kappa shape index (κ3) is 3.83. The van der Waals surface area contributed by atoms with Crippen LogP contribution in [0.15, 0.2) is 30.3 Å². The highest BCUT2D eigenvalue weighted by Crippen LogP contribution is 2.29. The van der Waals surface area contributed by atoms with E-state index in [1.54, 1.807) is 0 Å². The van der Waals surface area contributed by atoms with Crippen molar-refractivity contribution in [3.63, 3.8) is 0 Å². The molecule has 2 heteroatoms. The molecule has 4 unspecified atom stereocenters. The number of rotatable bonds is 5. The lowest BCUT2D eigenvalue weighted by Gasteiger charge is -2.38. The molecule has 1 aromatic carbocycles. The minimum absolute atomic E-state index is 0.261. The summed E-state index contributed by atoms with van der Waals surface area (Å²) in [6, 6.07) is 10.7. The number of benzene rings is 1. The minimum Gasteiger partial charge on any atom is -0.388 e. The van der Waals surface area contributed by atoms with Gasteiger partial charge in [-0.05, 0) is 37.3 Å². The van der Waals surface area contributed by atoms with Crippen molar-refractivity contribution in [1.29, 1.82) is 0 Å². The second-order valence-electron chi connectivity index (χ2n) is 6.60. The molecule has 1 aliphatic rings. The molecule has 0 amide bonds. The van der Waals surface area contributed by atoms with Crippen LogP contribution in [0.25, 0.3) is 0 Å². The normalized spacial score (nSPS) is 26.4. The summed E-state index contributed by atoms with van der Waals surface area (Å²) in [4.78, 5) is 2.47. The fourth-order valence-electron chi connectivity index (χ4n) is 3.62. The van der Waals surface area contributed by atoms with Crippen molar-refractivity contribution >= 4 is 0 Å². The number of aliphatic hydroxyl groups is 1. The van der Waals surface area contributed by atoms with Gasteiger partial charge < -0.3 is 10.0 Å². The minimum atomic E-state index is -0.363. The quantitative estimate of drug-likeness (QED) is 0.882. The lowest BCUT2D eigenvalue weighted by molar-refractivity contribution is 0.0631. The van der Waals surface area contributed by atoms with E-state index in [2.05, 4.69) is 25.8 Å². The van der Waals surface area contributed by atoms with Gasteiger partial charge in [-0.3, -0.25) is 0 Å². The zero-order chi connectivity index (χ0) is 14.5. The maximum absolute atomic E-state index is 10.5. The second-order valence-corrected chi connectivity index (χ2v) is 6.60. The number of hydrogen-bond acceptors (Lipinski definition) is 2. The monoisotopic (exact) mass is 275 g/mol. The zero-order valence-corrected chi connectivity index (χ0v) is 13.1. The Morgan fingerprint density at radius 1 is 1.20 bits per heavy atom. The molecule has 1 N–H and O–H groups in total. The molecule has 0 spiro atoms. The molecule has 1 saturated carbocycles. The maximum Gasteiger partial charge on any atom is 0.0827 e. The molecule has 2 rings (SSSR count). The third-order valence-corrected chi connectivity index (χ3v) is 4.89. The molecule has 112 valence electrons. The van der Waals surface area contributed by atoms with Gasteiger partial charge in [0.2, 0.25) is 0 Å². The van der Waals surface area contributed by atoms with E-state index in [1.807, 2.05) is 30.3 Å². The fourth-order valence-corrected chi connectivity index (χ4v) is 3.62. The summed E-state index contributed by atoms with van der Waals surface area (Å²) in [6.07, 6.45) is 5.04. The summed E-state index contributed by atoms with van der Waals surface area (Å²) >= 11 is 0. The van der Waals surface area contributed by atoms with Crippen molar-refractivity contribution in [3.05, 3.63) is 35.9 Å². The van der Waals surface area contributed by atoms with Crippen molar-refractivity contribution in [2.24, 2.45) is 11.8 Å². The molecule has 1 fully saturated rings. The standard InChI is InChI=1S/C18H29NO/c1-14-9-7-8-12-17(14)19(3)13-15(2)18(20)16-10-5-4-6-11-16/h4-6,10-11,14-15,17-18,20H,7-9,12-13H2,1-3H3. The SMILES string of the molecule is CC(CN(C)C1CCCCC1C)C(O)c1ccccc1. The van der Waals surface area contributed by atoms with Gasteiger partial charge in [0.05, 0.1) is 6.10 Å². The molecule has 0 aromatic heterocycles. The smallest absolute Gasteiger partial charge is 0.0827 e. The third-order valence-electron chi connectivity index (χ3n) is 4.89. The molecule has 1 aromatic rings. The summed E-state index contributed by atoms with van der Waals surface area (Å²) < 4.78 is 0. The van der Waals surface area contributed by atoms with Gasteiger partial charge in [0.1, 0.15) is 0 Å². The van der Waals surface area contributed by atoms with E-state index in [0.29, 0.717) is 6.04 Å². The molecule has 20 heavy (non-hydrogen) atoms. The largest absolute Gasteiger partial charge is 0.388 e. The Labute approximate surface area is 123 Å². The molecule has 0 saturated heterocycles. The van der Waals surface area contributed by atoms with Gasteiger partial charge in [0, 0.05) is 12.6 Å². The lowest BCUT2D eigenvalue weighted by atomic mass is 9.84. The highest BCUT2D eigenvalue weighted by atomic mass is 16.3. The summed E-state index contributed by atoms with van der Waals surface area (Å²) in [6.45, 7) is 5.49. The van der Waals surface area contributed by atoms with Crippen LogP contribution in [0.4, 0.5) is 0 Å². The van der Waals surface area contributed by atoms with Crippen LogP contribution in [-0.2, 0) is 0 Å². The van der Waals surface area contributed by atoms with E-state index in [9.17, 15) is 5.11 Å². The molecular formula is C18H29NO. The topological polar surface area (TPSA) is 23.5 Å². The molecule has 0 heterocycles. The van der Waals surface area contributed by atoms with Crippen LogP contribution < -0.4 is 0 Å². The molecule has 1 aliphatic carbocycles. The molecule has 4 atom stereocenters. The summed E-state index contributed by atoms with van der Waals surface area (Å²) in [5.41, 5.74) is 1.03. The Morgan fingerprint density at radius 3 is 2.50 bits per heavy atom. The Balaban J connectivity index is 1.91. The predicted molar refractivity (Wildman–Crippen MR) is 84.6 cm³/mol. The van der Waals surface area contributed by atoms with Crippen LogP contribution in [0.5, 0.6) is 0 Å². The van der Waals surface area contributed by atoms with E-state index in [-0.39, 0.29) is 12.0 Å². The van der Waals surface area contributed by atoms with Crippen LogP contribution in [0.2, 0.25) is 0 Å². The Bertz CT molecular complexity index is 392. The van der Waals surface area contributed by atoms with Crippen molar-refractivity contribution in [3.8, 4) is 0 Å². The molecule has 2 nitrogen and oxygen atoms in total. The van der Waals surface area contributed by atoms with Gasteiger partial charge in [0.15, 0.2) is 0 Å². The molecule has 0 radical (unpaired) electrons. The molecule has 0 bridgehead atoms. The van der Waals surface area contributed by atoms with Crippen LogP contribution in [-0.4, -0.2) is 29.6 Å². The fraction of sp³-hybridized carbons (Fsp3) is 0.667. The van der Waals surface area contributed by atoms with Gasteiger partial charge >= 0.3 is 0 Å². The zero-order valence-electron chi connectivity index (χ0n) is 13.1. The maximum atomic E-state index is 10.5. The van der Waals surface area contributed by atoms with Crippen LogP contribution in [0.3, 0.4) is 0 Å². The average molecular weight is 275 g/mol. The van der Waals surface area contributed by atoms with Crippen molar-refractivity contribution in [2.75, 3.05) is 13.6 Å². The van der Waals surface area contributed by atoms with Crippen molar-refractivity contribution in [1.82, 2.24) is 4.90 Å². The Morgan fingerprint density at radius 2 is 1.85 bits per heavy atom. The van der Waals surface area contributed by atoms with E-state index in [4.69, 9.17) is 0 Å². The van der Waals surface area contributed by atoms with E-state index < -0.39 is 0 Å². The highest BCUT2D eigenvalue weighted by molar-refractivity contribution is 5.17. The number of aliphatic hydroxyl groups excluding tert-OH is 1. The second kappa shape index (κ2) is 7.24. The van der Waals surface area contributed by atoms with Crippen LogP contribution in [0.1, 0.15) is 51.2 Å². The van der Waals surface area contributed by atoms with Gasteiger partial charge in [-0.15, -0.1) is 0 Å². The van der Waals surface area contributed by atoms with Crippen molar-refractivity contribution in [2.45, 2.75) is 51.7 Å². The van der Waals surface area contributed by atoms with Gasteiger partial charge in [0.25, 0.3) is 0 Å².